The third-order valence-corrected chi connectivity index (χ3v) is 7.05. The van der Waals surface area contributed by atoms with E-state index in [1.54, 1.807) is 0 Å². The second-order valence-corrected chi connectivity index (χ2v) is 7.31. The van der Waals surface area contributed by atoms with Gasteiger partial charge in [0.05, 0.1) is 12.1 Å². The van der Waals surface area contributed by atoms with E-state index in [0.717, 1.165) is 36.8 Å². The Bertz CT molecular complexity index is 501. The summed E-state index contributed by atoms with van der Waals surface area (Å²) >= 11 is 7.44. The fourth-order valence-electron chi connectivity index (χ4n) is 4.22. The Morgan fingerprint density at radius 1 is 0.944 bits per heavy atom. The van der Waals surface area contributed by atoms with Crippen molar-refractivity contribution >= 4 is 31.9 Å². The minimum Gasteiger partial charge on any atom is -0.193 e. The molecule has 4 heteroatoms. The Labute approximate surface area is 124 Å². The number of allylic oxidation sites excluding steroid dienone is 4. The van der Waals surface area contributed by atoms with Gasteiger partial charge >= 0.3 is 0 Å². The molecule has 0 aliphatic heterocycles. The zero-order valence-electron chi connectivity index (χ0n) is 9.79. The van der Waals surface area contributed by atoms with Crippen LogP contribution in [-0.2, 0) is 0 Å². The number of alkyl halides is 2. The molecule has 0 unspecified atom stereocenters. The van der Waals surface area contributed by atoms with Gasteiger partial charge in [0.25, 0.3) is 0 Å². The molecule has 0 aromatic carbocycles. The van der Waals surface area contributed by atoms with Crippen LogP contribution in [0.5, 0.6) is 0 Å². The Balaban J connectivity index is 2.26. The van der Waals surface area contributed by atoms with Crippen molar-refractivity contribution in [2.45, 2.75) is 35.3 Å². The molecular formula is C14H12Br2N2. The van der Waals surface area contributed by atoms with E-state index in [4.69, 9.17) is 0 Å². The molecule has 3 rings (SSSR count). The molecular weight excluding hydrogens is 356 g/mol. The van der Waals surface area contributed by atoms with Crippen LogP contribution in [0, 0.1) is 33.5 Å². The fraction of sp³-hybridized carbons (Fsp3) is 0.571. The summed E-state index contributed by atoms with van der Waals surface area (Å²) in [5.74, 6) is 0. The lowest BCUT2D eigenvalue weighted by molar-refractivity contribution is 0.110. The van der Waals surface area contributed by atoms with Crippen molar-refractivity contribution in [3.05, 3.63) is 23.3 Å². The van der Waals surface area contributed by atoms with Crippen LogP contribution >= 0.6 is 31.9 Å². The van der Waals surface area contributed by atoms with Gasteiger partial charge in [-0.1, -0.05) is 56.9 Å². The summed E-state index contributed by atoms with van der Waals surface area (Å²) in [6.45, 7) is 0. The van der Waals surface area contributed by atoms with Crippen molar-refractivity contribution < 1.29 is 0 Å². The molecule has 4 atom stereocenters. The summed E-state index contributed by atoms with van der Waals surface area (Å²) in [5, 5.41) is 18.9. The monoisotopic (exact) mass is 366 g/mol. The van der Waals surface area contributed by atoms with E-state index in [0.29, 0.717) is 0 Å². The number of nitrogens with zero attached hydrogens (tertiary/aromatic N) is 2. The summed E-state index contributed by atoms with van der Waals surface area (Å²) in [6.07, 6.45) is 8.32. The first-order valence-corrected chi connectivity index (χ1v) is 7.99. The van der Waals surface area contributed by atoms with Gasteiger partial charge in [0.15, 0.2) is 0 Å². The maximum Gasteiger partial charge on any atom is 0.0951 e. The molecule has 0 bridgehead atoms. The Hall–Kier alpha value is -0.580. The zero-order chi connectivity index (χ0) is 13.0. The fourth-order valence-corrected chi connectivity index (χ4v) is 6.51. The lowest BCUT2D eigenvalue weighted by Crippen LogP contribution is -2.48. The lowest BCUT2D eigenvalue weighted by Gasteiger charge is -2.49. The van der Waals surface area contributed by atoms with Crippen molar-refractivity contribution in [3.8, 4) is 12.1 Å². The van der Waals surface area contributed by atoms with Crippen LogP contribution in [-0.4, -0.2) is 9.65 Å². The van der Waals surface area contributed by atoms with Crippen LogP contribution in [0.1, 0.15) is 25.7 Å². The third-order valence-electron chi connectivity index (χ3n) is 4.96. The summed E-state index contributed by atoms with van der Waals surface area (Å²) in [7, 11) is 0. The molecule has 1 fully saturated rings. The van der Waals surface area contributed by atoms with Gasteiger partial charge in [-0.15, -0.1) is 0 Å². The molecule has 18 heavy (non-hydrogen) atoms. The number of hydrogen-bond donors (Lipinski definition) is 0. The smallest absolute Gasteiger partial charge is 0.0951 e. The minimum atomic E-state index is -0.195. The van der Waals surface area contributed by atoms with E-state index in [1.807, 2.05) is 12.2 Å². The van der Waals surface area contributed by atoms with Gasteiger partial charge in [-0.25, -0.2) is 0 Å². The van der Waals surface area contributed by atoms with Gasteiger partial charge in [0.1, 0.15) is 0 Å². The zero-order valence-corrected chi connectivity index (χ0v) is 13.0. The predicted octanol–water partition coefficient (Wildman–Crippen LogP) is 3.99. The molecule has 0 N–H and O–H groups in total. The molecule has 0 radical (unpaired) electrons. The number of rotatable bonds is 0. The predicted molar refractivity (Wildman–Crippen MR) is 76.2 cm³/mol. The van der Waals surface area contributed by atoms with Crippen LogP contribution in [0.4, 0.5) is 0 Å². The molecule has 1 saturated carbocycles. The standard InChI is InChI=1S/C14H12Br2N2/c15-11-6-10(8-18)14-4-2-1-3-13(11,14)9(7-17)5-12(14)16/h5-6,11-12H,1-4H2/t11-,12-,13-,14-/m1/s1. The quantitative estimate of drug-likeness (QED) is 0.608. The summed E-state index contributed by atoms with van der Waals surface area (Å²) in [4.78, 5) is 0.210. The van der Waals surface area contributed by atoms with Crippen LogP contribution in [0.3, 0.4) is 0 Å². The lowest BCUT2D eigenvalue weighted by atomic mass is 9.55. The van der Waals surface area contributed by atoms with Crippen LogP contribution < -0.4 is 0 Å². The molecule has 0 amide bonds. The second kappa shape index (κ2) is 3.95. The van der Waals surface area contributed by atoms with Crippen molar-refractivity contribution in [2.24, 2.45) is 10.8 Å². The van der Waals surface area contributed by atoms with Crippen molar-refractivity contribution in [1.82, 2.24) is 0 Å². The number of hydrogen-bond acceptors (Lipinski definition) is 2. The highest BCUT2D eigenvalue weighted by Gasteiger charge is 2.68. The van der Waals surface area contributed by atoms with Crippen LogP contribution in [0.25, 0.3) is 0 Å². The number of halogens is 2. The van der Waals surface area contributed by atoms with E-state index in [2.05, 4.69) is 44.0 Å². The summed E-state index contributed by atoms with van der Waals surface area (Å²) in [6, 6.07) is 4.77. The SMILES string of the molecule is N#CC1=C[C@@H](Br)[C@]23CCCC[C@]12[C@H](Br)C=C3C#N. The third kappa shape index (κ3) is 1.12. The van der Waals surface area contributed by atoms with Crippen molar-refractivity contribution in [3.63, 3.8) is 0 Å². The molecule has 0 saturated heterocycles. The van der Waals surface area contributed by atoms with Crippen LogP contribution in [0.15, 0.2) is 23.3 Å². The maximum atomic E-state index is 9.47. The first-order valence-electron chi connectivity index (χ1n) is 6.16. The Kier molecular flexibility index (Phi) is 2.74. The summed E-state index contributed by atoms with van der Waals surface area (Å²) < 4.78 is 0. The van der Waals surface area contributed by atoms with Gasteiger partial charge in [-0.05, 0) is 12.8 Å². The van der Waals surface area contributed by atoms with Gasteiger partial charge in [-0.3, -0.25) is 0 Å². The Morgan fingerprint density at radius 2 is 1.33 bits per heavy atom. The average Bonchev–Trinajstić information content (AvgIpc) is 2.81. The molecule has 0 heterocycles. The van der Waals surface area contributed by atoms with Gasteiger partial charge in [-0.2, -0.15) is 10.5 Å². The van der Waals surface area contributed by atoms with E-state index in [-0.39, 0.29) is 20.5 Å². The first kappa shape index (κ1) is 12.5. The van der Waals surface area contributed by atoms with Gasteiger partial charge in [0, 0.05) is 31.6 Å². The topological polar surface area (TPSA) is 47.6 Å². The highest BCUT2D eigenvalue weighted by Crippen LogP contribution is 2.71. The molecule has 2 nitrogen and oxygen atoms in total. The van der Waals surface area contributed by atoms with Gasteiger partial charge in [0.2, 0.25) is 0 Å². The van der Waals surface area contributed by atoms with Gasteiger partial charge < -0.3 is 0 Å². The normalized spacial score (nSPS) is 45.3. The minimum absolute atomic E-state index is 0.105. The van der Waals surface area contributed by atoms with E-state index >= 15 is 0 Å². The highest BCUT2D eigenvalue weighted by atomic mass is 79.9. The molecule has 0 aromatic heterocycles. The molecule has 92 valence electrons. The van der Waals surface area contributed by atoms with Crippen molar-refractivity contribution in [1.29, 1.82) is 10.5 Å². The molecule has 3 aliphatic carbocycles. The highest BCUT2D eigenvalue weighted by molar-refractivity contribution is 9.10. The van der Waals surface area contributed by atoms with E-state index < -0.39 is 0 Å². The maximum absolute atomic E-state index is 9.47. The van der Waals surface area contributed by atoms with Crippen molar-refractivity contribution in [2.75, 3.05) is 0 Å². The Morgan fingerprint density at radius 3 is 1.67 bits per heavy atom. The first-order chi connectivity index (χ1) is 8.63. The number of nitriles is 2. The second-order valence-electron chi connectivity index (χ2n) is 5.34. The molecule has 0 spiro atoms. The van der Waals surface area contributed by atoms with E-state index in [1.165, 1.54) is 0 Å². The molecule has 3 aliphatic rings. The largest absolute Gasteiger partial charge is 0.193 e. The van der Waals surface area contributed by atoms with Crippen LogP contribution in [0.2, 0.25) is 0 Å². The molecule has 0 aromatic rings. The summed E-state index contributed by atoms with van der Waals surface area (Å²) in [5.41, 5.74) is 1.32. The van der Waals surface area contributed by atoms with E-state index in [9.17, 15) is 10.5 Å². The average molecular weight is 368 g/mol.